The van der Waals surface area contributed by atoms with Crippen molar-refractivity contribution in [3.05, 3.63) is 77.9 Å². The normalized spacial score (nSPS) is 23.0. The molecule has 3 aromatic rings. The number of hydrogen-bond donors (Lipinski definition) is 0. The van der Waals surface area contributed by atoms with E-state index < -0.39 is 45.9 Å². The van der Waals surface area contributed by atoms with Crippen molar-refractivity contribution in [3.8, 4) is 0 Å². The van der Waals surface area contributed by atoms with Gasteiger partial charge >= 0.3 is 0 Å². The van der Waals surface area contributed by atoms with E-state index in [-0.39, 0.29) is 30.1 Å². The second kappa shape index (κ2) is 10.4. The van der Waals surface area contributed by atoms with Crippen molar-refractivity contribution >= 4 is 15.7 Å². The van der Waals surface area contributed by atoms with Gasteiger partial charge in [-0.3, -0.25) is 0 Å². The Kier molecular flexibility index (Phi) is 7.21. The number of benzene rings is 2. The number of sulfonamides is 1. The van der Waals surface area contributed by atoms with Crippen molar-refractivity contribution in [2.45, 2.75) is 56.0 Å². The number of hydrogen-bond acceptors (Lipinski definition) is 5. The molecule has 2 saturated heterocycles. The van der Waals surface area contributed by atoms with Crippen molar-refractivity contribution in [2.75, 3.05) is 18.0 Å². The Morgan fingerprint density at radius 2 is 1.59 bits per heavy atom. The summed E-state index contributed by atoms with van der Waals surface area (Å²) in [6.07, 6.45) is 1.61. The molecule has 12 heteroatoms. The average Bonchev–Trinajstić information content (AvgIpc) is 3.42. The van der Waals surface area contributed by atoms with Crippen LogP contribution in [0.5, 0.6) is 0 Å². The van der Waals surface area contributed by atoms with E-state index >= 15 is 8.78 Å². The third-order valence-corrected chi connectivity index (χ3v) is 9.63. The molecular formula is C25H27F4N5O2S. The zero-order valence-corrected chi connectivity index (χ0v) is 20.7. The molecule has 2 aliphatic heterocycles. The summed E-state index contributed by atoms with van der Waals surface area (Å²) in [6.45, 7) is 0.288. The van der Waals surface area contributed by atoms with Crippen LogP contribution in [-0.4, -0.2) is 53.0 Å². The highest BCUT2D eigenvalue weighted by molar-refractivity contribution is 7.89. The molecule has 7 nitrogen and oxygen atoms in total. The smallest absolute Gasteiger partial charge is 0.255 e. The number of halogens is 4. The Balaban J connectivity index is 1.37. The predicted molar refractivity (Wildman–Crippen MR) is 130 cm³/mol. The van der Waals surface area contributed by atoms with Gasteiger partial charge in [0.05, 0.1) is 11.7 Å². The van der Waals surface area contributed by atoms with Gasteiger partial charge in [-0.05, 0) is 37.3 Å². The van der Waals surface area contributed by atoms with Gasteiger partial charge in [-0.25, -0.2) is 26.0 Å². The lowest BCUT2D eigenvalue weighted by Gasteiger charge is -2.39. The van der Waals surface area contributed by atoms with Gasteiger partial charge in [0.25, 0.3) is 6.43 Å². The van der Waals surface area contributed by atoms with E-state index in [1.807, 2.05) is 4.57 Å². The van der Waals surface area contributed by atoms with Crippen LogP contribution < -0.4 is 4.90 Å². The predicted octanol–water partition coefficient (Wildman–Crippen LogP) is 4.70. The van der Waals surface area contributed by atoms with Crippen molar-refractivity contribution < 1.29 is 26.0 Å². The fourth-order valence-electron chi connectivity index (χ4n) is 5.34. The van der Waals surface area contributed by atoms with Crippen LogP contribution in [0.2, 0.25) is 0 Å². The van der Waals surface area contributed by atoms with Crippen molar-refractivity contribution in [3.63, 3.8) is 0 Å². The maximum absolute atomic E-state index is 15.2. The molecule has 1 unspecified atom stereocenters. The minimum atomic E-state index is -4.26. The van der Waals surface area contributed by atoms with Crippen LogP contribution in [0, 0.1) is 11.6 Å². The highest BCUT2D eigenvalue weighted by Gasteiger charge is 2.45. The Morgan fingerprint density at radius 1 is 0.919 bits per heavy atom. The molecule has 37 heavy (non-hydrogen) atoms. The summed E-state index contributed by atoms with van der Waals surface area (Å²) in [6, 6.07) is 8.86. The number of rotatable bonds is 6. The zero-order valence-electron chi connectivity index (χ0n) is 19.9. The zero-order chi connectivity index (χ0) is 26.2. The Labute approximate surface area is 212 Å². The van der Waals surface area contributed by atoms with Crippen LogP contribution in [0.3, 0.4) is 0 Å². The van der Waals surface area contributed by atoms with E-state index in [1.54, 1.807) is 47.9 Å². The lowest BCUT2D eigenvalue weighted by atomic mass is 10.0. The molecule has 0 bridgehead atoms. The summed E-state index contributed by atoms with van der Waals surface area (Å²) in [7, 11) is -4.26. The summed E-state index contributed by atoms with van der Waals surface area (Å²) in [5.41, 5.74) is 0.276. The molecule has 3 heterocycles. The maximum Gasteiger partial charge on any atom is 0.255 e. The summed E-state index contributed by atoms with van der Waals surface area (Å²) in [4.78, 5) is 1.73. The van der Waals surface area contributed by atoms with Crippen LogP contribution in [0.4, 0.5) is 23.2 Å². The molecular weight excluding hydrogens is 510 g/mol. The monoisotopic (exact) mass is 537 g/mol. The molecule has 0 spiro atoms. The van der Waals surface area contributed by atoms with Gasteiger partial charge in [-0.2, -0.15) is 4.31 Å². The Bertz CT molecular complexity index is 1320. The van der Waals surface area contributed by atoms with Crippen LogP contribution in [0.15, 0.2) is 55.1 Å². The number of nitrogens with zero attached hydrogens (tertiary/aromatic N) is 5. The largest absolute Gasteiger partial charge is 0.369 e. The molecule has 2 aromatic carbocycles. The van der Waals surface area contributed by atoms with E-state index in [1.165, 1.54) is 0 Å². The van der Waals surface area contributed by atoms with Gasteiger partial charge < -0.3 is 9.47 Å². The fraction of sp³-hybridized carbons (Fsp3) is 0.440. The third kappa shape index (κ3) is 5.08. The van der Waals surface area contributed by atoms with Crippen molar-refractivity contribution in [2.24, 2.45) is 0 Å². The lowest BCUT2D eigenvalue weighted by Crippen LogP contribution is -2.49. The fourth-order valence-corrected chi connectivity index (χ4v) is 7.50. The van der Waals surface area contributed by atoms with E-state index in [4.69, 9.17) is 0 Å². The minimum absolute atomic E-state index is 0.0265. The first-order valence-electron chi connectivity index (χ1n) is 12.2. The second-order valence-corrected chi connectivity index (χ2v) is 11.6. The topological polar surface area (TPSA) is 71.3 Å². The Hall–Kier alpha value is -2.99. The standard InChI is InChI=1S/C25H27F4N5O2S/c26-20-13-23(32-10-8-19(9-11-32)33-15-30-31-16-33)21(27)12-18(20)14-34-22(25(28)29)6-7-24(37(34,35)36)17-4-2-1-3-5-17/h1-5,12-13,15-16,19,22,24-25H,6-11,14H2/t22?,24-/m0/s1. The van der Waals surface area contributed by atoms with Crippen LogP contribution in [0.1, 0.15) is 48.1 Å². The van der Waals surface area contributed by atoms with Gasteiger partial charge in [0.2, 0.25) is 10.0 Å². The lowest BCUT2D eigenvalue weighted by molar-refractivity contribution is 0.0472. The quantitative estimate of drug-likeness (QED) is 0.427. The third-order valence-electron chi connectivity index (χ3n) is 7.35. The van der Waals surface area contributed by atoms with Gasteiger partial charge in [0.1, 0.15) is 29.5 Å². The summed E-state index contributed by atoms with van der Waals surface area (Å²) >= 11 is 0. The van der Waals surface area contributed by atoms with Gasteiger partial charge in [-0.15, -0.1) is 10.2 Å². The van der Waals surface area contributed by atoms with E-state index in [0.29, 0.717) is 35.8 Å². The molecule has 2 fully saturated rings. The first kappa shape index (κ1) is 25.7. The van der Waals surface area contributed by atoms with Crippen LogP contribution in [-0.2, 0) is 16.6 Å². The molecule has 0 N–H and O–H groups in total. The average molecular weight is 538 g/mol. The molecule has 0 amide bonds. The highest BCUT2D eigenvalue weighted by Crippen LogP contribution is 2.40. The maximum atomic E-state index is 15.2. The molecule has 5 rings (SSSR count). The van der Waals surface area contributed by atoms with E-state index in [2.05, 4.69) is 10.2 Å². The van der Waals surface area contributed by atoms with Gasteiger partial charge in [-0.1, -0.05) is 30.3 Å². The number of aromatic nitrogens is 3. The first-order valence-corrected chi connectivity index (χ1v) is 13.7. The number of piperidine rings is 1. The summed E-state index contributed by atoms with van der Waals surface area (Å²) < 4.78 is 87.5. The molecule has 0 radical (unpaired) electrons. The molecule has 1 aromatic heterocycles. The van der Waals surface area contributed by atoms with Crippen LogP contribution >= 0.6 is 0 Å². The first-order chi connectivity index (χ1) is 17.8. The molecule has 2 atom stereocenters. The molecule has 198 valence electrons. The molecule has 0 aliphatic carbocycles. The van der Waals surface area contributed by atoms with E-state index in [9.17, 15) is 17.2 Å². The Morgan fingerprint density at radius 3 is 2.24 bits per heavy atom. The van der Waals surface area contributed by atoms with Gasteiger partial charge in [0.15, 0.2) is 0 Å². The minimum Gasteiger partial charge on any atom is -0.369 e. The summed E-state index contributed by atoms with van der Waals surface area (Å²) in [5, 5.41) is 6.58. The second-order valence-electron chi connectivity index (χ2n) is 9.49. The van der Waals surface area contributed by atoms with Gasteiger partial charge in [0, 0.05) is 37.3 Å². The summed E-state index contributed by atoms with van der Waals surface area (Å²) in [5.74, 6) is -1.55. The van der Waals surface area contributed by atoms with Crippen molar-refractivity contribution in [1.82, 2.24) is 19.1 Å². The number of alkyl halides is 2. The molecule has 0 saturated carbocycles. The molecule has 2 aliphatic rings. The van der Waals surface area contributed by atoms with E-state index in [0.717, 1.165) is 12.1 Å². The number of anilines is 1. The van der Waals surface area contributed by atoms with Crippen molar-refractivity contribution in [1.29, 1.82) is 0 Å². The van der Waals surface area contributed by atoms with Crippen LogP contribution in [0.25, 0.3) is 0 Å². The highest BCUT2D eigenvalue weighted by atomic mass is 32.2. The SMILES string of the molecule is O=S1(=O)[C@H](c2ccccc2)CCC(C(F)F)N1Cc1cc(F)c(N2CCC(n3cnnc3)CC2)cc1F.